The number of nitrogens with zero attached hydrogens (tertiary/aromatic N) is 3. The first-order chi connectivity index (χ1) is 11.7. The topological polar surface area (TPSA) is 48.5 Å². The maximum Gasteiger partial charge on any atom is 0.246 e. The van der Waals surface area contributed by atoms with Crippen LogP contribution in [0.4, 0.5) is 0 Å². The minimum absolute atomic E-state index is 0.237. The van der Waals surface area contributed by atoms with Crippen LogP contribution >= 0.6 is 0 Å². The van der Waals surface area contributed by atoms with Crippen molar-refractivity contribution < 1.29 is 4.79 Å². The highest BCUT2D eigenvalue weighted by Gasteiger charge is 2.37. The number of amides is 1. The molecule has 5 nitrogen and oxygen atoms in total. The monoisotopic (exact) mass is 330 g/mol. The van der Waals surface area contributed by atoms with E-state index in [0.717, 1.165) is 51.3 Å². The molecule has 3 unspecified atom stereocenters. The van der Waals surface area contributed by atoms with E-state index in [1.54, 1.807) is 6.20 Å². The lowest BCUT2D eigenvalue weighted by Gasteiger charge is -2.43. The molecule has 0 aliphatic carbocycles. The van der Waals surface area contributed by atoms with Gasteiger partial charge in [0.15, 0.2) is 0 Å². The fraction of sp³-hybridized carbons (Fsp3) is 0.684. The molecule has 3 heterocycles. The standard InChI is InChI=1S/C19H30N4O/c1-3-16-13-20-10-12-23(16)18(17-8-4-5-9-21-17)19(24)22-11-6-7-15(2)14-22/h4-5,8-9,15-16,18,20H,3,6-7,10-14H2,1-2H3. The van der Waals surface area contributed by atoms with Crippen LogP contribution in [0.1, 0.15) is 44.8 Å². The van der Waals surface area contributed by atoms with Gasteiger partial charge >= 0.3 is 0 Å². The van der Waals surface area contributed by atoms with Gasteiger partial charge in [0.1, 0.15) is 6.04 Å². The van der Waals surface area contributed by atoms with Gasteiger partial charge < -0.3 is 10.2 Å². The van der Waals surface area contributed by atoms with E-state index in [4.69, 9.17) is 0 Å². The summed E-state index contributed by atoms with van der Waals surface area (Å²) in [4.78, 5) is 22.4. The summed E-state index contributed by atoms with van der Waals surface area (Å²) in [5, 5.41) is 3.46. The molecule has 0 radical (unpaired) electrons. The molecular formula is C19H30N4O. The Morgan fingerprint density at radius 1 is 1.42 bits per heavy atom. The Morgan fingerprint density at radius 2 is 2.29 bits per heavy atom. The smallest absolute Gasteiger partial charge is 0.246 e. The van der Waals surface area contributed by atoms with E-state index in [1.165, 1.54) is 6.42 Å². The Balaban J connectivity index is 1.88. The Bertz CT molecular complexity index is 535. The van der Waals surface area contributed by atoms with Gasteiger partial charge in [-0.15, -0.1) is 0 Å². The molecule has 1 N–H and O–H groups in total. The van der Waals surface area contributed by atoms with Crippen LogP contribution in [0.3, 0.4) is 0 Å². The number of hydrogen-bond acceptors (Lipinski definition) is 4. The van der Waals surface area contributed by atoms with Gasteiger partial charge in [-0.2, -0.15) is 0 Å². The summed E-state index contributed by atoms with van der Waals surface area (Å²) in [6.45, 7) is 8.99. The van der Waals surface area contributed by atoms with Crippen molar-refractivity contribution in [2.75, 3.05) is 32.7 Å². The number of piperidine rings is 1. The Morgan fingerprint density at radius 3 is 3.00 bits per heavy atom. The van der Waals surface area contributed by atoms with E-state index in [9.17, 15) is 4.79 Å². The lowest BCUT2D eigenvalue weighted by atomic mass is 9.97. The van der Waals surface area contributed by atoms with Crippen LogP contribution in [0, 0.1) is 5.92 Å². The van der Waals surface area contributed by atoms with Crippen molar-refractivity contribution in [2.45, 2.75) is 45.2 Å². The molecule has 3 atom stereocenters. The highest BCUT2D eigenvalue weighted by Crippen LogP contribution is 2.28. The van der Waals surface area contributed by atoms with Gasteiger partial charge in [0.2, 0.25) is 5.91 Å². The summed E-state index contributed by atoms with van der Waals surface area (Å²) in [6.07, 6.45) is 5.18. The predicted octanol–water partition coefficient (Wildman–Crippen LogP) is 2.06. The maximum absolute atomic E-state index is 13.4. The zero-order chi connectivity index (χ0) is 16.9. The van der Waals surface area contributed by atoms with Crippen LogP contribution in [-0.4, -0.2) is 59.5 Å². The number of pyridine rings is 1. The first-order valence-corrected chi connectivity index (χ1v) is 9.37. The number of likely N-dealkylation sites (tertiary alicyclic amines) is 1. The highest BCUT2D eigenvalue weighted by atomic mass is 16.2. The number of carbonyl (C=O) groups excluding carboxylic acids is 1. The summed E-state index contributed by atoms with van der Waals surface area (Å²) in [5.41, 5.74) is 0.890. The summed E-state index contributed by atoms with van der Waals surface area (Å²) >= 11 is 0. The van der Waals surface area contributed by atoms with Gasteiger partial charge in [0.25, 0.3) is 0 Å². The van der Waals surface area contributed by atoms with Crippen molar-refractivity contribution in [1.82, 2.24) is 20.1 Å². The first-order valence-electron chi connectivity index (χ1n) is 9.37. The second kappa shape index (κ2) is 8.08. The van der Waals surface area contributed by atoms with Crippen molar-refractivity contribution in [3.8, 4) is 0 Å². The van der Waals surface area contributed by atoms with E-state index in [0.29, 0.717) is 12.0 Å². The average Bonchev–Trinajstić information content (AvgIpc) is 2.63. The van der Waals surface area contributed by atoms with E-state index < -0.39 is 0 Å². The van der Waals surface area contributed by atoms with Crippen LogP contribution in [0.5, 0.6) is 0 Å². The largest absolute Gasteiger partial charge is 0.341 e. The van der Waals surface area contributed by atoms with E-state index >= 15 is 0 Å². The van der Waals surface area contributed by atoms with Crippen LogP contribution in [0.2, 0.25) is 0 Å². The van der Waals surface area contributed by atoms with Gasteiger partial charge in [-0.25, -0.2) is 0 Å². The molecule has 0 aromatic carbocycles. The molecule has 24 heavy (non-hydrogen) atoms. The molecular weight excluding hydrogens is 300 g/mol. The molecule has 1 aromatic heterocycles. The molecule has 2 aliphatic rings. The molecule has 3 rings (SSSR count). The normalized spacial score (nSPS) is 27.0. The molecule has 5 heteroatoms. The molecule has 2 fully saturated rings. The molecule has 0 spiro atoms. The van der Waals surface area contributed by atoms with Crippen molar-refractivity contribution in [3.63, 3.8) is 0 Å². The molecule has 0 bridgehead atoms. The SMILES string of the molecule is CCC1CNCCN1C(C(=O)N1CCCC(C)C1)c1ccccn1. The lowest BCUT2D eigenvalue weighted by molar-refractivity contribution is -0.140. The van der Waals surface area contributed by atoms with E-state index in [-0.39, 0.29) is 11.9 Å². The zero-order valence-corrected chi connectivity index (χ0v) is 14.9. The number of aromatic nitrogens is 1. The quantitative estimate of drug-likeness (QED) is 0.918. The summed E-state index contributed by atoms with van der Waals surface area (Å²) < 4.78 is 0. The lowest BCUT2D eigenvalue weighted by Crippen LogP contribution is -2.56. The third kappa shape index (κ3) is 3.78. The van der Waals surface area contributed by atoms with E-state index in [1.807, 2.05) is 18.2 Å². The molecule has 1 aromatic rings. The van der Waals surface area contributed by atoms with E-state index in [2.05, 4.69) is 33.9 Å². The Hall–Kier alpha value is -1.46. The number of hydrogen-bond donors (Lipinski definition) is 1. The Kier molecular flexibility index (Phi) is 5.85. The maximum atomic E-state index is 13.4. The number of rotatable bonds is 4. The minimum atomic E-state index is -0.247. The Labute approximate surface area is 145 Å². The molecule has 2 aliphatic heterocycles. The number of nitrogens with one attached hydrogen (secondary N) is 1. The van der Waals surface area contributed by atoms with Crippen LogP contribution in [0.15, 0.2) is 24.4 Å². The van der Waals surface area contributed by atoms with Crippen molar-refractivity contribution in [2.24, 2.45) is 5.92 Å². The van der Waals surface area contributed by atoms with Gasteiger partial charge in [0.05, 0.1) is 5.69 Å². The summed E-state index contributed by atoms with van der Waals surface area (Å²) in [6, 6.07) is 6.05. The number of carbonyl (C=O) groups is 1. The summed E-state index contributed by atoms with van der Waals surface area (Å²) in [7, 11) is 0. The van der Waals surface area contributed by atoms with Crippen molar-refractivity contribution >= 4 is 5.91 Å². The van der Waals surface area contributed by atoms with Crippen LogP contribution < -0.4 is 5.32 Å². The second-order valence-corrected chi connectivity index (χ2v) is 7.19. The van der Waals surface area contributed by atoms with Gasteiger partial charge in [-0.3, -0.25) is 14.7 Å². The molecule has 2 saturated heterocycles. The minimum Gasteiger partial charge on any atom is -0.341 e. The molecule has 1 amide bonds. The molecule has 0 saturated carbocycles. The molecule has 132 valence electrons. The predicted molar refractivity (Wildman–Crippen MR) is 95.6 cm³/mol. The van der Waals surface area contributed by atoms with Gasteiger partial charge in [-0.1, -0.05) is 19.9 Å². The van der Waals surface area contributed by atoms with Crippen LogP contribution in [-0.2, 0) is 4.79 Å². The van der Waals surface area contributed by atoms with Gasteiger partial charge in [-0.05, 0) is 37.3 Å². The first kappa shape index (κ1) is 17.4. The summed E-state index contributed by atoms with van der Waals surface area (Å²) in [5.74, 6) is 0.831. The zero-order valence-electron chi connectivity index (χ0n) is 14.9. The third-order valence-electron chi connectivity index (χ3n) is 5.37. The van der Waals surface area contributed by atoms with Crippen LogP contribution in [0.25, 0.3) is 0 Å². The second-order valence-electron chi connectivity index (χ2n) is 7.19. The fourth-order valence-corrected chi connectivity index (χ4v) is 4.03. The fourth-order valence-electron chi connectivity index (χ4n) is 4.03. The number of piperazine rings is 1. The van der Waals surface area contributed by atoms with Crippen molar-refractivity contribution in [1.29, 1.82) is 0 Å². The van der Waals surface area contributed by atoms with Gasteiger partial charge in [0, 0.05) is 45.0 Å². The average molecular weight is 330 g/mol. The highest BCUT2D eigenvalue weighted by molar-refractivity contribution is 5.83. The van der Waals surface area contributed by atoms with Crippen molar-refractivity contribution in [3.05, 3.63) is 30.1 Å². The third-order valence-corrected chi connectivity index (χ3v) is 5.37.